The SMILES string of the molecule is ClCc1ccc(OCCN2CCCCC2)cc1. The van der Waals surface area contributed by atoms with E-state index >= 15 is 0 Å². The Bertz CT molecular complexity index is 319. The molecule has 0 saturated carbocycles. The molecule has 0 aliphatic carbocycles. The molecule has 0 unspecified atom stereocenters. The summed E-state index contributed by atoms with van der Waals surface area (Å²) in [7, 11) is 0. The first-order valence-corrected chi connectivity index (χ1v) is 6.92. The molecule has 0 aromatic heterocycles. The van der Waals surface area contributed by atoms with E-state index in [2.05, 4.69) is 4.90 Å². The van der Waals surface area contributed by atoms with Crippen molar-refractivity contribution in [1.82, 2.24) is 4.90 Å². The van der Waals surface area contributed by atoms with Crippen LogP contribution in [0.4, 0.5) is 0 Å². The van der Waals surface area contributed by atoms with E-state index < -0.39 is 0 Å². The molecular formula is C14H20ClNO. The average Bonchev–Trinajstić information content (AvgIpc) is 2.41. The minimum Gasteiger partial charge on any atom is -0.492 e. The molecule has 1 aromatic carbocycles. The molecule has 94 valence electrons. The van der Waals surface area contributed by atoms with E-state index in [1.807, 2.05) is 24.3 Å². The van der Waals surface area contributed by atoms with Gasteiger partial charge in [0.15, 0.2) is 0 Å². The van der Waals surface area contributed by atoms with Gasteiger partial charge >= 0.3 is 0 Å². The number of hydrogen-bond donors (Lipinski definition) is 0. The van der Waals surface area contributed by atoms with Gasteiger partial charge in [-0.3, -0.25) is 4.90 Å². The van der Waals surface area contributed by atoms with Crippen LogP contribution in [-0.2, 0) is 5.88 Å². The van der Waals surface area contributed by atoms with Crippen molar-refractivity contribution in [1.29, 1.82) is 0 Å². The molecule has 3 heteroatoms. The first kappa shape index (κ1) is 12.7. The molecule has 0 atom stereocenters. The van der Waals surface area contributed by atoms with E-state index in [4.69, 9.17) is 16.3 Å². The standard InChI is InChI=1S/C14H20ClNO/c15-12-13-4-6-14(7-5-13)17-11-10-16-8-2-1-3-9-16/h4-7H,1-3,8-12H2. The van der Waals surface area contributed by atoms with Crippen molar-refractivity contribution in [2.45, 2.75) is 25.1 Å². The first-order chi connectivity index (χ1) is 8.38. The minimum absolute atomic E-state index is 0.564. The van der Waals surface area contributed by atoms with Gasteiger partial charge in [-0.25, -0.2) is 0 Å². The molecule has 0 amide bonds. The lowest BCUT2D eigenvalue weighted by atomic mass is 10.1. The predicted molar refractivity (Wildman–Crippen MR) is 71.8 cm³/mol. The average molecular weight is 254 g/mol. The molecule has 1 aliphatic rings. The van der Waals surface area contributed by atoms with Crippen molar-refractivity contribution in [3.8, 4) is 5.75 Å². The topological polar surface area (TPSA) is 12.5 Å². The first-order valence-electron chi connectivity index (χ1n) is 6.38. The van der Waals surface area contributed by atoms with Crippen molar-refractivity contribution in [2.75, 3.05) is 26.2 Å². The number of alkyl halides is 1. The van der Waals surface area contributed by atoms with Gasteiger partial charge in [0.05, 0.1) is 0 Å². The fourth-order valence-electron chi connectivity index (χ4n) is 2.15. The summed E-state index contributed by atoms with van der Waals surface area (Å²) in [6, 6.07) is 8.02. The summed E-state index contributed by atoms with van der Waals surface area (Å²) >= 11 is 5.74. The molecule has 0 radical (unpaired) electrons. The Labute approximate surface area is 109 Å². The number of rotatable bonds is 5. The zero-order valence-corrected chi connectivity index (χ0v) is 11.0. The second-order valence-corrected chi connectivity index (χ2v) is 4.80. The van der Waals surface area contributed by atoms with Gasteiger partial charge < -0.3 is 4.74 Å². The van der Waals surface area contributed by atoms with Crippen LogP contribution in [0.3, 0.4) is 0 Å². The van der Waals surface area contributed by atoms with Crippen molar-refractivity contribution >= 4 is 11.6 Å². The highest BCUT2D eigenvalue weighted by atomic mass is 35.5. The highest BCUT2D eigenvalue weighted by Crippen LogP contribution is 2.14. The molecular weight excluding hydrogens is 234 g/mol. The molecule has 2 rings (SSSR count). The van der Waals surface area contributed by atoms with Gasteiger partial charge in [-0.2, -0.15) is 0 Å². The van der Waals surface area contributed by atoms with Crippen LogP contribution in [0.2, 0.25) is 0 Å². The molecule has 2 nitrogen and oxygen atoms in total. The van der Waals surface area contributed by atoms with Crippen LogP contribution in [0, 0.1) is 0 Å². The Balaban J connectivity index is 1.69. The zero-order chi connectivity index (χ0) is 11.9. The summed E-state index contributed by atoms with van der Waals surface area (Å²) in [4.78, 5) is 2.48. The Morgan fingerprint density at radius 1 is 1.06 bits per heavy atom. The largest absolute Gasteiger partial charge is 0.492 e. The third-order valence-corrected chi connectivity index (χ3v) is 3.51. The third kappa shape index (κ3) is 4.21. The number of hydrogen-bond acceptors (Lipinski definition) is 2. The van der Waals surface area contributed by atoms with Crippen molar-refractivity contribution < 1.29 is 4.74 Å². The Hall–Kier alpha value is -0.730. The summed E-state index contributed by atoms with van der Waals surface area (Å²) in [5, 5.41) is 0. The lowest BCUT2D eigenvalue weighted by molar-refractivity contribution is 0.183. The molecule has 1 aliphatic heterocycles. The highest BCUT2D eigenvalue weighted by Gasteiger charge is 2.09. The fourth-order valence-corrected chi connectivity index (χ4v) is 2.33. The number of halogens is 1. The number of likely N-dealkylation sites (tertiary alicyclic amines) is 1. The van der Waals surface area contributed by atoms with Gasteiger partial charge in [0, 0.05) is 12.4 Å². The maximum Gasteiger partial charge on any atom is 0.119 e. The van der Waals surface area contributed by atoms with Gasteiger partial charge in [-0.15, -0.1) is 11.6 Å². The quantitative estimate of drug-likeness (QED) is 0.747. The molecule has 0 bridgehead atoms. The monoisotopic (exact) mass is 253 g/mol. The van der Waals surface area contributed by atoms with Gasteiger partial charge in [-0.05, 0) is 43.6 Å². The van der Waals surface area contributed by atoms with E-state index in [0.29, 0.717) is 5.88 Å². The van der Waals surface area contributed by atoms with Gasteiger partial charge in [0.25, 0.3) is 0 Å². The Morgan fingerprint density at radius 3 is 2.41 bits per heavy atom. The maximum atomic E-state index is 5.74. The second kappa shape index (κ2) is 6.87. The van der Waals surface area contributed by atoms with Gasteiger partial charge in [0.2, 0.25) is 0 Å². The van der Waals surface area contributed by atoms with Crippen LogP contribution in [0.25, 0.3) is 0 Å². The van der Waals surface area contributed by atoms with Crippen LogP contribution in [0.5, 0.6) is 5.75 Å². The van der Waals surface area contributed by atoms with E-state index in [1.54, 1.807) is 0 Å². The molecule has 1 fully saturated rings. The van der Waals surface area contributed by atoms with Crippen LogP contribution in [0.1, 0.15) is 24.8 Å². The smallest absolute Gasteiger partial charge is 0.119 e. The van der Waals surface area contributed by atoms with Crippen LogP contribution < -0.4 is 4.74 Å². The summed E-state index contributed by atoms with van der Waals surface area (Å²) in [5.41, 5.74) is 1.13. The molecule has 1 aromatic rings. The second-order valence-electron chi connectivity index (χ2n) is 4.53. The van der Waals surface area contributed by atoms with Crippen molar-refractivity contribution in [3.63, 3.8) is 0 Å². The van der Waals surface area contributed by atoms with Crippen molar-refractivity contribution in [2.24, 2.45) is 0 Å². The molecule has 0 N–H and O–H groups in total. The zero-order valence-electron chi connectivity index (χ0n) is 10.2. The Kier molecular flexibility index (Phi) is 5.14. The van der Waals surface area contributed by atoms with E-state index in [-0.39, 0.29) is 0 Å². The third-order valence-electron chi connectivity index (χ3n) is 3.20. The number of benzene rings is 1. The minimum atomic E-state index is 0.564. The number of piperidine rings is 1. The van der Waals surface area contributed by atoms with Gasteiger partial charge in [-0.1, -0.05) is 18.6 Å². The van der Waals surface area contributed by atoms with E-state index in [1.165, 1.54) is 32.4 Å². The normalized spacial score (nSPS) is 17.0. The predicted octanol–water partition coefficient (Wildman–Crippen LogP) is 3.29. The van der Waals surface area contributed by atoms with E-state index in [9.17, 15) is 0 Å². The highest BCUT2D eigenvalue weighted by molar-refractivity contribution is 6.17. The fraction of sp³-hybridized carbons (Fsp3) is 0.571. The molecule has 0 spiro atoms. The molecule has 1 heterocycles. The van der Waals surface area contributed by atoms with E-state index in [0.717, 1.165) is 24.5 Å². The number of ether oxygens (including phenoxy) is 1. The molecule has 1 saturated heterocycles. The number of nitrogens with zero attached hydrogens (tertiary/aromatic N) is 1. The summed E-state index contributed by atoms with van der Waals surface area (Å²) in [5.74, 6) is 1.50. The summed E-state index contributed by atoms with van der Waals surface area (Å²) in [6.07, 6.45) is 4.06. The lowest BCUT2D eigenvalue weighted by Crippen LogP contribution is -2.33. The van der Waals surface area contributed by atoms with Crippen LogP contribution >= 0.6 is 11.6 Å². The van der Waals surface area contributed by atoms with Crippen LogP contribution in [0.15, 0.2) is 24.3 Å². The van der Waals surface area contributed by atoms with Crippen LogP contribution in [-0.4, -0.2) is 31.1 Å². The summed E-state index contributed by atoms with van der Waals surface area (Å²) in [6.45, 7) is 4.28. The van der Waals surface area contributed by atoms with Gasteiger partial charge in [0.1, 0.15) is 12.4 Å². The van der Waals surface area contributed by atoms with Crippen molar-refractivity contribution in [3.05, 3.63) is 29.8 Å². The Morgan fingerprint density at radius 2 is 1.76 bits per heavy atom. The molecule has 17 heavy (non-hydrogen) atoms. The lowest BCUT2D eigenvalue weighted by Gasteiger charge is -2.26. The summed E-state index contributed by atoms with van der Waals surface area (Å²) < 4.78 is 5.72. The maximum absolute atomic E-state index is 5.74.